The van der Waals surface area contributed by atoms with Crippen molar-refractivity contribution in [2.24, 2.45) is 0 Å². The Bertz CT molecular complexity index is 837. The van der Waals surface area contributed by atoms with Crippen LogP contribution in [0.1, 0.15) is 24.4 Å². The number of hydrogen-bond donors (Lipinski definition) is 0. The van der Waals surface area contributed by atoms with E-state index in [1.54, 1.807) is 19.2 Å². The third kappa shape index (κ3) is 3.14. The van der Waals surface area contributed by atoms with Crippen molar-refractivity contribution >= 4 is 33.2 Å². The van der Waals surface area contributed by atoms with Crippen molar-refractivity contribution in [3.63, 3.8) is 0 Å². The average molecular weight is 386 g/mol. The average Bonchev–Trinajstić information content (AvgIpc) is 3.08. The minimum atomic E-state index is -3.72. The Hall–Kier alpha value is -1.27. The van der Waals surface area contributed by atoms with Crippen LogP contribution >= 0.6 is 23.2 Å². The van der Waals surface area contributed by atoms with Crippen molar-refractivity contribution in [1.82, 2.24) is 4.31 Å². The lowest BCUT2D eigenvalue weighted by molar-refractivity contribution is 0.394. The molecule has 128 valence electrons. The summed E-state index contributed by atoms with van der Waals surface area (Å²) < 4.78 is 32.8. The summed E-state index contributed by atoms with van der Waals surface area (Å²) in [5, 5.41) is 0.303. The third-order valence-corrected chi connectivity index (χ3v) is 7.09. The van der Waals surface area contributed by atoms with Crippen molar-refractivity contribution in [3.8, 4) is 5.75 Å². The van der Waals surface area contributed by atoms with Gasteiger partial charge in [-0.2, -0.15) is 4.31 Å². The molecule has 0 radical (unpaired) electrons. The van der Waals surface area contributed by atoms with Crippen LogP contribution < -0.4 is 4.74 Å². The van der Waals surface area contributed by atoms with Crippen LogP contribution in [0.4, 0.5) is 0 Å². The van der Waals surface area contributed by atoms with Crippen LogP contribution in [0.25, 0.3) is 0 Å². The second-order valence-corrected chi connectivity index (χ2v) is 8.24. The summed E-state index contributed by atoms with van der Waals surface area (Å²) in [7, 11) is -2.12. The highest BCUT2D eigenvalue weighted by atomic mass is 35.5. The zero-order chi connectivity index (χ0) is 17.3. The van der Waals surface area contributed by atoms with Crippen molar-refractivity contribution in [1.29, 1.82) is 0 Å². The van der Waals surface area contributed by atoms with Crippen LogP contribution in [0.5, 0.6) is 5.75 Å². The van der Waals surface area contributed by atoms with Gasteiger partial charge in [-0.3, -0.25) is 0 Å². The van der Waals surface area contributed by atoms with E-state index in [4.69, 9.17) is 27.9 Å². The summed E-state index contributed by atoms with van der Waals surface area (Å²) in [6.07, 6.45) is 1.57. The van der Waals surface area contributed by atoms with Gasteiger partial charge < -0.3 is 4.74 Å². The Kier molecular flexibility index (Phi) is 5.06. The van der Waals surface area contributed by atoms with Crippen molar-refractivity contribution < 1.29 is 13.2 Å². The largest absolute Gasteiger partial charge is 0.497 e. The van der Waals surface area contributed by atoms with Gasteiger partial charge in [0.25, 0.3) is 0 Å². The van der Waals surface area contributed by atoms with Crippen molar-refractivity contribution in [2.75, 3.05) is 13.7 Å². The number of halogens is 2. The zero-order valence-corrected chi connectivity index (χ0v) is 15.4. The van der Waals surface area contributed by atoms with E-state index in [0.717, 1.165) is 24.2 Å². The molecule has 2 aromatic carbocycles. The van der Waals surface area contributed by atoms with Crippen molar-refractivity contribution in [3.05, 3.63) is 58.1 Å². The second-order valence-electron chi connectivity index (χ2n) is 5.60. The Balaban J connectivity index is 1.98. The van der Waals surface area contributed by atoms with Gasteiger partial charge in [0.2, 0.25) is 10.0 Å². The highest BCUT2D eigenvalue weighted by Crippen LogP contribution is 2.39. The fourth-order valence-corrected chi connectivity index (χ4v) is 5.42. The molecule has 1 saturated heterocycles. The summed E-state index contributed by atoms with van der Waals surface area (Å²) in [5.41, 5.74) is 0.940. The Morgan fingerprint density at radius 3 is 2.50 bits per heavy atom. The summed E-state index contributed by atoms with van der Waals surface area (Å²) in [5.74, 6) is 0.740. The maximum absolute atomic E-state index is 13.1. The van der Waals surface area contributed by atoms with Crippen LogP contribution in [-0.4, -0.2) is 26.4 Å². The summed E-state index contributed by atoms with van der Waals surface area (Å²) in [6, 6.07) is 11.9. The van der Waals surface area contributed by atoms with E-state index in [2.05, 4.69) is 0 Å². The Labute approximate surface area is 152 Å². The molecule has 1 fully saturated rings. The molecule has 0 spiro atoms. The first-order chi connectivity index (χ1) is 11.4. The summed E-state index contributed by atoms with van der Waals surface area (Å²) in [6.45, 7) is 0.460. The highest BCUT2D eigenvalue weighted by molar-refractivity contribution is 7.89. The molecule has 0 saturated carbocycles. The summed E-state index contributed by atoms with van der Waals surface area (Å²) in [4.78, 5) is 0.0529. The number of nitrogens with zero attached hydrogens (tertiary/aromatic N) is 1. The minimum absolute atomic E-state index is 0.0529. The lowest BCUT2D eigenvalue weighted by Crippen LogP contribution is -2.30. The molecular weight excluding hydrogens is 369 g/mol. The number of hydrogen-bond acceptors (Lipinski definition) is 3. The molecule has 2 aromatic rings. The second kappa shape index (κ2) is 6.92. The quantitative estimate of drug-likeness (QED) is 0.776. The first-order valence-electron chi connectivity index (χ1n) is 7.55. The molecule has 1 aliphatic heterocycles. The molecule has 0 amide bonds. The summed E-state index contributed by atoms with van der Waals surface area (Å²) >= 11 is 12.1. The van der Waals surface area contributed by atoms with Crippen LogP contribution in [0.3, 0.4) is 0 Å². The van der Waals surface area contributed by atoms with Crippen LogP contribution in [0.2, 0.25) is 10.0 Å². The maximum Gasteiger partial charge on any atom is 0.245 e. The molecule has 1 heterocycles. The van der Waals surface area contributed by atoms with E-state index in [9.17, 15) is 8.42 Å². The molecule has 1 aliphatic rings. The molecule has 0 N–H and O–H groups in total. The standard InChI is InChI=1S/C17H17Cl2NO3S/c1-23-13-9-7-12(8-10-13)15-5-3-11-20(15)24(21,22)16-6-2-4-14(18)17(16)19/h2,4,6-10,15H,3,5,11H2,1H3/t15-/m0/s1. The fraction of sp³-hybridized carbons (Fsp3) is 0.294. The van der Waals surface area contributed by atoms with Gasteiger partial charge in [0.05, 0.1) is 23.2 Å². The molecule has 3 rings (SSSR count). The molecular formula is C17H17Cl2NO3S. The smallest absolute Gasteiger partial charge is 0.245 e. The van der Waals surface area contributed by atoms with Gasteiger partial charge in [0, 0.05) is 6.54 Å². The van der Waals surface area contributed by atoms with Crippen LogP contribution in [0.15, 0.2) is 47.4 Å². The number of methoxy groups -OCH3 is 1. The van der Waals surface area contributed by atoms with E-state index in [1.165, 1.54) is 10.4 Å². The fourth-order valence-electron chi connectivity index (χ4n) is 3.00. The minimum Gasteiger partial charge on any atom is -0.497 e. The number of sulfonamides is 1. The zero-order valence-electron chi connectivity index (χ0n) is 13.1. The Morgan fingerprint density at radius 2 is 1.83 bits per heavy atom. The molecule has 0 aliphatic carbocycles. The van der Waals surface area contributed by atoms with Gasteiger partial charge in [-0.25, -0.2) is 8.42 Å². The van der Waals surface area contributed by atoms with Crippen molar-refractivity contribution in [2.45, 2.75) is 23.8 Å². The Morgan fingerprint density at radius 1 is 1.12 bits per heavy atom. The van der Waals surface area contributed by atoms with E-state index in [0.29, 0.717) is 6.54 Å². The van der Waals surface area contributed by atoms with Gasteiger partial charge in [-0.05, 0) is 42.7 Å². The SMILES string of the molecule is COc1ccc([C@@H]2CCCN2S(=O)(=O)c2cccc(Cl)c2Cl)cc1. The predicted molar refractivity (Wildman–Crippen MR) is 95.3 cm³/mol. The lowest BCUT2D eigenvalue weighted by Gasteiger charge is -2.25. The van der Waals surface area contributed by atoms with E-state index in [1.807, 2.05) is 24.3 Å². The molecule has 0 aromatic heterocycles. The van der Waals surface area contributed by atoms with E-state index >= 15 is 0 Å². The lowest BCUT2D eigenvalue weighted by atomic mass is 10.1. The third-order valence-electron chi connectivity index (χ3n) is 4.21. The number of benzene rings is 2. The van der Waals surface area contributed by atoms with Gasteiger partial charge in [-0.15, -0.1) is 0 Å². The molecule has 24 heavy (non-hydrogen) atoms. The highest BCUT2D eigenvalue weighted by Gasteiger charge is 2.37. The number of rotatable bonds is 4. The predicted octanol–water partition coefficient (Wildman–Crippen LogP) is 4.53. The van der Waals surface area contributed by atoms with Gasteiger partial charge >= 0.3 is 0 Å². The van der Waals surface area contributed by atoms with Gasteiger partial charge in [0.15, 0.2) is 0 Å². The monoisotopic (exact) mass is 385 g/mol. The van der Waals surface area contributed by atoms with E-state index < -0.39 is 10.0 Å². The van der Waals surface area contributed by atoms with E-state index in [-0.39, 0.29) is 21.0 Å². The molecule has 0 unspecified atom stereocenters. The normalized spacial score (nSPS) is 18.7. The van der Waals surface area contributed by atoms with Crippen LogP contribution in [-0.2, 0) is 10.0 Å². The van der Waals surface area contributed by atoms with Gasteiger partial charge in [-0.1, -0.05) is 41.4 Å². The molecule has 0 bridgehead atoms. The van der Waals surface area contributed by atoms with Gasteiger partial charge in [0.1, 0.15) is 10.6 Å². The molecule has 4 nitrogen and oxygen atoms in total. The van der Waals surface area contributed by atoms with Crippen LogP contribution in [0, 0.1) is 0 Å². The molecule has 1 atom stereocenters. The molecule has 7 heteroatoms. The first kappa shape index (κ1) is 17.5. The number of ether oxygens (including phenoxy) is 1. The first-order valence-corrected chi connectivity index (χ1v) is 9.74. The topological polar surface area (TPSA) is 46.6 Å². The maximum atomic E-state index is 13.1.